The maximum absolute atomic E-state index is 10.7. The molecule has 2 fully saturated rings. The molecule has 1 aliphatic heterocycles. The Morgan fingerprint density at radius 2 is 2.00 bits per heavy atom. The average molecular weight is 229 g/mol. The van der Waals surface area contributed by atoms with Crippen molar-refractivity contribution in [2.24, 2.45) is 11.1 Å². The van der Waals surface area contributed by atoms with Gasteiger partial charge in [-0.15, -0.1) is 0 Å². The molecule has 2 rings (SSSR count). The monoisotopic (exact) mass is 229 g/mol. The fourth-order valence-electron chi connectivity index (χ4n) is 3.10. The number of nitrogens with two attached hydrogens (primary N) is 1. The Labute approximate surface area is 97.1 Å². The zero-order chi connectivity index (χ0) is 11.6. The molecule has 0 amide bonds. The van der Waals surface area contributed by atoms with E-state index in [1.165, 1.54) is 0 Å². The van der Waals surface area contributed by atoms with Crippen LogP contribution in [0.3, 0.4) is 0 Å². The Bertz CT molecular complexity index is 232. The summed E-state index contributed by atoms with van der Waals surface area (Å²) >= 11 is 0. The van der Waals surface area contributed by atoms with Gasteiger partial charge >= 0.3 is 0 Å². The summed E-state index contributed by atoms with van der Waals surface area (Å²) < 4.78 is 10.9. The van der Waals surface area contributed by atoms with E-state index < -0.39 is 5.60 Å². The van der Waals surface area contributed by atoms with Gasteiger partial charge in [-0.2, -0.15) is 0 Å². The molecular weight excluding hydrogens is 206 g/mol. The van der Waals surface area contributed by atoms with E-state index in [9.17, 15) is 5.11 Å². The fourth-order valence-corrected chi connectivity index (χ4v) is 3.10. The predicted octanol–water partition coefficient (Wildman–Crippen LogP) is 0.672. The van der Waals surface area contributed by atoms with Crippen LogP contribution in [0, 0.1) is 5.41 Å². The van der Waals surface area contributed by atoms with Crippen molar-refractivity contribution < 1.29 is 14.6 Å². The van der Waals surface area contributed by atoms with E-state index in [1.54, 1.807) is 0 Å². The number of aliphatic hydroxyl groups is 1. The van der Waals surface area contributed by atoms with Gasteiger partial charge in [-0.25, -0.2) is 0 Å². The molecule has 1 aliphatic carbocycles. The zero-order valence-corrected chi connectivity index (χ0v) is 10.1. The third-order valence-electron chi connectivity index (χ3n) is 4.36. The normalized spacial score (nSPS) is 38.1. The van der Waals surface area contributed by atoms with Crippen LogP contribution in [0.2, 0.25) is 0 Å². The van der Waals surface area contributed by atoms with Gasteiger partial charge in [-0.05, 0) is 19.8 Å². The highest BCUT2D eigenvalue weighted by atomic mass is 16.5. The second kappa shape index (κ2) is 4.61. The lowest BCUT2D eigenvalue weighted by atomic mass is 9.57. The Morgan fingerprint density at radius 3 is 2.50 bits per heavy atom. The van der Waals surface area contributed by atoms with E-state index >= 15 is 0 Å². The molecule has 0 aromatic carbocycles. The minimum atomic E-state index is -0.620. The van der Waals surface area contributed by atoms with Crippen LogP contribution in [0.5, 0.6) is 0 Å². The predicted molar refractivity (Wildman–Crippen MR) is 61.1 cm³/mol. The molecule has 0 unspecified atom stereocenters. The quantitative estimate of drug-likeness (QED) is 0.743. The first kappa shape index (κ1) is 12.3. The Kier molecular flexibility index (Phi) is 3.54. The van der Waals surface area contributed by atoms with Gasteiger partial charge in [0.25, 0.3) is 0 Å². The van der Waals surface area contributed by atoms with Crippen molar-refractivity contribution in [3.8, 4) is 0 Å². The summed E-state index contributed by atoms with van der Waals surface area (Å²) in [6.07, 6.45) is 3.44. The van der Waals surface area contributed by atoms with E-state index in [4.69, 9.17) is 15.2 Å². The summed E-state index contributed by atoms with van der Waals surface area (Å²) in [6, 6.07) is 0. The van der Waals surface area contributed by atoms with Crippen LogP contribution >= 0.6 is 0 Å². The smallest absolute Gasteiger partial charge is 0.0766 e. The van der Waals surface area contributed by atoms with Gasteiger partial charge in [-0.3, -0.25) is 0 Å². The molecule has 2 aliphatic rings. The second-order valence-corrected chi connectivity index (χ2v) is 5.11. The highest BCUT2D eigenvalue weighted by Gasteiger charge is 2.57. The van der Waals surface area contributed by atoms with Crippen LogP contribution in [0.4, 0.5) is 0 Å². The molecule has 0 aromatic rings. The van der Waals surface area contributed by atoms with Gasteiger partial charge in [0.05, 0.1) is 11.7 Å². The van der Waals surface area contributed by atoms with Crippen molar-refractivity contribution in [2.45, 2.75) is 44.3 Å². The van der Waals surface area contributed by atoms with Crippen LogP contribution in [-0.4, -0.2) is 43.2 Å². The summed E-state index contributed by atoms with van der Waals surface area (Å²) in [5.41, 5.74) is 5.14. The van der Waals surface area contributed by atoms with Crippen LogP contribution in [0.1, 0.15) is 32.6 Å². The van der Waals surface area contributed by atoms with E-state index in [-0.39, 0.29) is 11.5 Å². The second-order valence-electron chi connectivity index (χ2n) is 5.11. The van der Waals surface area contributed by atoms with E-state index in [2.05, 4.69) is 0 Å². The maximum atomic E-state index is 10.7. The van der Waals surface area contributed by atoms with Crippen molar-refractivity contribution in [2.75, 3.05) is 26.4 Å². The molecule has 0 aromatic heterocycles. The summed E-state index contributed by atoms with van der Waals surface area (Å²) in [7, 11) is 0. The Hall–Kier alpha value is -0.160. The highest BCUT2D eigenvalue weighted by molar-refractivity contribution is 5.09. The Balaban J connectivity index is 1.99. The largest absolute Gasteiger partial charge is 0.389 e. The molecule has 0 spiro atoms. The summed E-state index contributed by atoms with van der Waals surface area (Å²) in [4.78, 5) is 0. The molecule has 0 bridgehead atoms. The van der Waals surface area contributed by atoms with Crippen LogP contribution < -0.4 is 5.73 Å². The Morgan fingerprint density at radius 1 is 1.38 bits per heavy atom. The topological polar surface area (TPSA) is 64.7 Å². The van der Waals surface area contributed by atoms with Gasteiger partial charge in [0.1, 0.15) is 0 Å². The lowest BCUT2D eigenvalue weighted by Crippen LogP contribution is -2.63. The molecule has 94 valence electrons. The number of ether oxygens (including phenoxy) is 2. The van der Waals surface area contributed by atoms with Crippen LogP contribution in [0.15, 0.2) is 0 Å². The molecule has 4 nitrogen and oxygen atoms in total. The molecule has 1 saturated carbocycles. The lowest BCUT2D eigenvalue weighted by Gasteiger charge is -2.56. The van der Waals surface area contributed by atoms with Crippen molar-refractivity contribution in [3.05, 3.63) is 0 Å². The van der Waals surface area contributed by atoms with Gasteiger partial charge in [0.2, 0.25) is 0 Å². The third-order valence-corrected chi connectivity index (χ3v) is 4.36. The molecule has 3 N–H and O–H groups in total. The first-order valence-electron chi connectivity index (χ1n) is 6.27. The maximum Gasteiger partial charge on any atom is 0.0766 e. The average Bonchev–Trinajstić information content (AvgIpc) is 2.28. The molecular formula is C12H23NO3. The summed E-state index contributed by atoms with van der Waals surface area (Å²) in [5, 5.41) is 10.7. The molecule has 16 heavy (non-hydrogen) atoms. The number of hydrogen-bond donors (Lipinski definition) is 2. The van der Waals surface area contributed by atoms with Crippen molar-refractivity contribution in [1.29, 1.82) is 0 Å². The van der Waals surface area contributed by atoms with Crippen LogP contribution in [0.25, 0.3) is 0 Å². The number of rotatable bonds is 4. The lowest BCUT2D eigenvalue weighted by molar-refractivity contribution is -0.219. The third kappa shape index (κ3) is 1.88. The van der Waals surface area contributed by atoms with Crippen molar-refractivity contribution in [3.63, 3.8) is 0 Å². The van der Waals surface area contributed by atoms with E-state index in [1.807, 2.05) is 6.92 Å². The molecule has 0 radical (unpaired) electrons. The van der Waals surface area contributed by atoms with Gasteiger partial charge in [0.15, 0.2) is 0 Å². The van der Waals surface area contributed by atoms with E-state index in [0.29, 0.717) is 6.54 Å². The minimum Gasteiger partial charge on any atom is -0.389 e. The molecule has 1 saturated heterocycles. The first-order valence-corrected chi connectivity index (χ1v) is 6.27. The van der Waals surface area contributed by atoms with Crippen molar-refractivity contribution in [1.82, 2.24) is 0 Å². The number of hydrogen-bond acceptors (Lipinski definition) is 4. The highest BCUT2D eigenvalue weighted by Crippen LogP contribution is 2.51. The van der Waals surface area contributed by atoms with E-state index in [0.717, 1.165) is 45.5 Å². The summed E-state index contributed by atoms with van der Waals surface area (Å²) in [6.45, 7) is 4.70. The standard InChI is InChI=1S/C12H23NO3/c1-2-16-10-7-12(14,8-10)11(9-13)3-5-15-6-4-11/h10,14H,2-9,13H2,1H3. The molecule has 0 atom stereocenters. The fraction of sp³-hybridized carbons (Fsp3) is 1.00. The van der Waals surface area contributed by atoms with Crippen molar-refractivity contribution >= 4 is 0 Å². The molecule has 4 heteroatoms. The summed E-state index contributed by atoms with van der Waals surface area (Å²) in [5.74, 6) is 0. The van der Waals surface area contributed by atoms with Gasteiger partial charge < -0.3 is 20.3 Å². The first-order chi connectivity index (χ1) is 7.66. The zero-order valence-electron chi connectivity index (χ0n) is 10.1. The van der Waals surface area contributed by atoms with Gasteiger partial charge in [0, 0.05) is 44.6 Å². The molecule has 1 heterocycles. The minimum absolute atomic E-state index is 0.140. The van der Waals surface area contributed by atoms with Crippen LogP contribution in [-0.2, 0) is 9.47 Å². The SMILES string of the molecule is CCOC1CC(O)(C2(CN)CCOCC2)C1. The van der Waals surface area contributed by atoms with Gasteiger partial charge in [-0.1, -0.05) is 0 Å².